The highest BCUT2D eigenvalue weighted by Crippen LogP contribution is 2.36. The molecule has 2 aliphatic heterocycles. The van der Waals surface area contributed by atoms with Crippen molar-refractivity contribution in [3.8, 4) is 0 Å². The number of hydrogen-bond donors (Lipinski definition) is 1. The van der Waals surface area contributed by atoms with Crippen molar-refractivity contribution in [2.75, 3.05) is 38.7 Å². The lowest BCUT2D eigenvalue weighted by atomic mass is 9.87. The molecule has 2 aliphatic rings. The summed E-state index contributed by atoms with van der Waals surface area (Å²) < 4.78 is 25.2. The van der Waals surface area contributed by atoms with Crippen LogP contribution in [0.3, 0.4) is 0 Å². The Balaban J connectivity index is 1.61. The first kappa shape index (κ1) is 17.3. The van der Waals surface area contributed by atoms with E-state index in [1.54, 1.807) is 26.2 Å². The van der Waals surface area contributed by atoms with Crippen molar-refractivity contribution < 1.29 is 18.7 Å². The molecule has 0 saturated carbocycles. The molecule has 2 atom stereocenters. The van der Waals surface area contributed by atoms with Crippen LogP contribution in [0.1, 0.15) is 24.8 Å². The van der Waals surface area contributed by atoms with Gasteiger partial charge in [-0.1, -0.05) is 6.07 Å². The summed E-state index contributed by atoms with van der Waals surface area (Å²) in [6.07, 6.45) is 2.93. The predicted molar refractivity (Wildman–Crippen MR) is 89.5 cm³/mol. The average Bonchev–Trinajstić information content (AvgIpc) is 3.01. The Bertz CT molecular complexity index is 602. The number of carbonyl (C=O) groups is 1. The van der Waals surface area contributed by atoms with Crippen molar-refractivity contribution in [2.24, 2.45) is 0 Å². The highest BCUT2D eigenvalue weighted by Gasteiger charge is 2.47. The molecule has 132 valence electrons. The Morgan fingerprint density at radius 2 is 2.38 bits per heavy atom. The Morgan fingerprint density at radius 3 is 3.08 bits per heavy atom. The number of anilines is 1. The van der Waals surface area contributed by atoms with Crippen molar-refractivity contribution >= 4 is 11.6 Å². The number of piperidine rings is 1. The highest BCUT2D eigenvalue weighted by molar-refractivity contribution is 5.93. The van der Waals surface area contributed by atoms with Crippen molar-refractivity contribution in [1.82, 2.24) is 4.90 Å². The van der Waals surface area contributed by atoms with E-state index in [0.717, 1.165) is 32.4 Å². The van der Waals surface area contributed by atoms with Gasteiger partial charge >= 0.3 is 0 Å². The molecular formula is C18H25FN2O3. The van der Waals surface area contributed by atoms with Gasteiger partial charge in [-0.3, -0.25) is 9.69 Å². The normalized spacial score (nSPS) is 27.5. The predicted octanol–water partition coefficient (Wildman–Crippen LogP) is 2.34. The van der Waals surface area contributed by atoms with E-state index in [0.29, 0.717) is 17.8 Å². The van der Waals surface area contributed by atoms with Gasteiger partial charge < -0.3 is 14.8 Å². The van der Waals surface area contributed by atoms with E-state index in [4.69, 9.17) is 9.47 Å². The number of amides is 1. The first-order chi connectivity index (χ1) is 11.5. The summed E-state index contributed by atoms with van der Waals surface area (Å²) in [7, 11) is 1.73. The molecule has 0 aromatic heterocycles. The second kappa shape index (κ2) is 7.17. The van der Waals surface area contributed by atoms with Crippen molar-refractivity contribution in [3.63, 3.8) is 0 Å². The Morgan fingerprint density at radius 1 is 1.54 bits per heavy atom. The van der Waals surface area contributed by atoms with Crippen LogP contribution in [0, 0.1) is 12.7 Å². The first-order valence-corrected chi connectivity index (χ1v) is 8.48. The van der Waals surface area contributed by atoms with Crippen molar-refractivity contribution in [1.29, 1.82) is 0 Å². The van der Waals surface area contributed by atoms with E-state index in [1.807, 2.05) is 0 Å². The van der Waals surface area contributed by atoms with Gasteiger partial charge in [0.15, 0.2) is 0 Å². The van der Waals surface area contributed by atoms with Crippen LogP contribution in [0.4, 0.5) is 10.1 Å². The van der Waals surface area contributed by atoms with Crippen LogP contribution in [-0.4, -0.2) is 55.9 Å². The first-order valence-electron chi connectivity index (χ1n) is 8.48. The van der Waals surface area contributed by atoms with Crippen LogP contribution in [0.2, 0.25) is 0 Å². The summed E-state index contributed by atoms with van der Waals surface area (Å²) in [6.45, 7) is 4.18. The molecule has 2 saturated heterocycles. The van der Waals surface area contributed by atoms with Gasteiger partial charge in [0.25, 0.3) is 0 Å². The average molecular weight is 336 g/mol. The molecule has 3 rings (SSSR count). The lowest BCUT2D eigenvalue weighted by Gasteiger charge is -2.44. The van der Waals surface area contributed by atoms with Gasteiger partial charge in [-0.15, -0.1) is 0 Å². The monoisotopic (exact) mass is 336 g/mol. The van der Waals surface area contributed by atoms with Crippen molar-refractivity contribution in [2.45, 2.75) is 37.9 Å². The minimum atomic E-state index is -0.313. The molecule has 2 fully saturated rings. The molecule has 1 spiro atoms. The van der Waals surface area contributed by atoms with E-state index in [-0.39, 0.29) is 30.0 Å². The summed E-state index contributed by atoms with van der Waals surface area (Å²) in [5.41, 5.74) is 0.695. The van der Waals surface area contributed by atoms with Gasteiger partial charge in [0.2, 0.25) is 5.91 Å². The maximum atomic E-state index is 13.6. The highest BCUT2D eigenvalue weighted by atomic mass is 19.1. The van der Waals surface area contributed by atoms with Crippen LogP contribution in [0.25, 0.3) is 0 Å². The van der Waals surface area contributed by atoms with Gasteiger partial charge in [0, 0.05) is 38.1 Å². The number of nitrogens with zero attached hydrogens (tertiary/aromatic N) is 1. The number of benzene rings is 1. The van der Waals surface area contributed by atoms with E-state index < -0.39 is 0 Å². The van der Waals surface area contributed by atoms with Gasteiger partial charge in [-0.05, 0) is 38.3 Å². The number of halogens is 1. The molecule has 24 heavy (non-hydrogen) atoms. The fraction of sp³-hybridized carbons (Fsp3) is 0.611. The summed E-state index contributed by atoms with van der Waals surface area (Å²) in [4.78, 5) is 14.5. The molecule has 0 unspecified atom stereocenters. The topological polar surface area (TPSA) is 50.8 Å². The third kappa shape index (κ3) is 3.45. The number of rotatable bonds is 4. The zero-order valence-corrected chi connectivity index (χ0v) is 14.3. The lowest BCUT2D eigenvalue weighted by Crippen LogP contribution is -2.58. The van der Waals surface area contributed by atoms with Gasteiger partial charge in [0.1, 0.15) is 11.4 Å². The standard InChI is InChI=1S/C18H25FN2O3/c1-13-14(19)5-3-6-15(13)20-17(22)11-21-9-7-16(23-2)18(12-21)8-4-10-24-18/h3,5-6,16H,4,7-12H2,1-2H3,(H,20,22)/t16-,18-/m0/s1. The number of carbonyl (C=O) groups excluding carboxylic acids is 1. The molecule has 1 aromatic rings. The Hall–Kier alpha value is -1.50. The number of likely N-dealkylation sites (tertiary alicyclic amines) is 1. The molecule has 0 aliphatic carbocycles. The molecule has 1 aromatic carbocycles. The number of hydrogen-bond acceptors (Lipinski definition) is 4. The summed E-state index contributed by atoms with van der Waals surface area (Å²) >= 11 is 0. The molecule has 0 bridgehead atoms. The zero-order chi connectivity index (χ0) is 17.2. The van der Waals surface area contributed by atoms with Crippen LogP contribution in [0.15, 0.2) is 18.2 Å². The molecule has 0 radical (unpaired) electrons. The number of nitrogens with one attached hydrogen (secondary N) is 1. The minimum Gasteiger partial charge on any atom is -0.378 e. The largest absolute Gasteiger partial charge is 0.378 e. The Labute approximate surface area is 142 Å². The van der Waals surface area contributed by atoms with E-state index in [1.165, 1.54) is 6.07 Å². The van der Waals surface area contributed by atoms with E-state index in [2.05, 4.69) is 10.2 Å². The molecule has 1 N–H and O–H groups in total. The second-order valence-electron chi connectivity index (χ2n) is 6.70. The van der Waals surface area contributed by atoms with Crippen LogP contribution in [0.5, 0.6) is 0 Å². The summed E-state index contributed by atoms with van der Waals surface area (Å²) in [5.74, 6) is -0.445. The Kier molecular flexibility index (Phi) is 5.18. The third-order valence-corrected chi connectivity index (χ3v) is 5.11. The molecule has 5 nitrogen and oxygen atoms in total. The molecule has 1 amide bonds. The van der Waals surface area contributed by atoms with Gasteiger partial charge in [-0.25, -0.2) is 4.39 Å². The zero-order valence-electron chi connectivity index (χ0n) is 14.3. The van der Waals surface area contributed by atoms with Gasteiger partial charge in [0.05, 0.1) is 12.6 Å². The third-order valence-electron chi connectivity index (χ3n) is 5.11. The smallest absolute Gasteiger partial charge is 0.238 e. The number of methoxy groups -OCH3 is 1. The number of ether oxygens (including phenoxy) is 2. The lowest BCUT2D eigenvalue weighted by molar-refractivity contribution is -0.146. The molecule has 2 heterocycles. The fourth-order valence-corrected chi connectivity index (χ4v) is 3.82. The van der Waals surface area contributed by atoms with Crippen molar-refractivity contribution in [3.05, 3.63) is 29.6 Å². The second-order valence-corrected chi connectivity index (χ2v) is 6.70. The van der Waals surface area contributed by atoms with E-state index in [9.17, 15) is 9.18 Å². The van der Waals surface area contributed by atoms with Crippen LogP contribution < -0.4 is 5.32 Å². The van der Waals surface area contributed by atoms with Crippen LogP contribution >= 0.6 is 0 Å². The summed E-state index contributed by atoms with van der Waals surface area (Å²) in [5, 5.41) is 2.81. The van der Waals surface area contributed by atoms with Gasteiger partial charge in [-0.2, -0.15) is 0 Å². The maximum Gasteiger partial charge on any atom is 0.238 e. The molecule has 6 heteroatoms. The maximum absolute atomic E-state index is 13.6. The SMILES string of the molecule is CO[C@H]1CCN(CC(=O)Nc2cccc(F)c2C)C[C@@]12CCCO2. The summed E-state index contributed by atoms with van der Waals surface area (Å²) in [6, 6.07) is 4.71. The van der Waals surface area contributed by atoms with E-state index >= 15 is 0 Å². The fourth-order valence-electron chi connectivity index (χ4n) is 3.82. The minimum absolute atomic E-state index is 0.0878. The van der Waals surface area contributed by atoms with Crippen LogP contribution in [-0.2, 0) is 14.3 Å². The molecular weight excluding hydrogens is 311 g/mol. The quantitative estimate of drug-likeness (QED) is 0.917.